The van der Waals surface area contributed by atoms with Crippen LogP contribution >= 0.6 is 0 Å². The highest BCUT2D eigenvalue weighted by Gasteiger charge is 2.27. The van der Waals surface area contributed by atoms with E-state index in [0.717, 1.165) is 0 Å². The summed E-state index contributed by atoms with van der Waals surface area (Å²) in [5.41, 5.74) is 0. The van der Waals surface area contributed by atoms with Crippen LogP contribution in [-0.4, -0.2) is 18.5 Å². The number of allylic oxidation sites excluding steroid dienone is 1. The zero-order chi connectivity index (χ0) is 7.56. The minimum absolute atomic E-state index is 0.116. The van der Waals surface area contributed by atoms with E-state index in [0.29, 0.717) is 0 Å². The average molecular weight is 142 g/mol. The Morgan fingerprint density at radius 1 is 1.10 bits per heavy atom. The maximum Gasteiger partial charge on any atom is 0.177 e. The van der Waals surface area contributed by atoms with Gasteiger partial charge in [0.15, 0.2) is 6.29 Å². The number of ether oxygens (including phenoxy) is 2. The van der Waals surface area contributed by atoms with Gasteiger partial charge in [0.2, 0.25) is 0 Å². The monoisotopic (exact) mass is 142 g/mol. The van der Waals surface area contributed by atoms with Crippen molar-refractivity contribution in [2.24, 2.45) is 0 Å². The topological polar surface area (TPSA) is 18.5 Å². The van der Waals surface area contributed by atoms with Crippen LogP contribution in [0.15, 0.2) is 12.2 Å². The minimum Gasteiger partial charge on any atom is -0.343 e. The molecule has 1 aliphatic rings. The third-order valence-electron chi connectivity index (χ3n) is 1.71. The highest BCUT2D eigenvalue weighted by atomic mass is 16.7. The molecule has 58 valence electrons. The zero-order valence-corrected chi connectivity index (χ0v) is 6.70. The average Bonchev–Trinajstić information content (AvgIpc) is 2.14. The van der Waals surface area contributed by atoms with E-state index in [1.807, 2.05) is 32.9 Å². The molecule has 0 aromatic rings. The molecule has 1 fully saturated rings. The molecule has 1 saturated heterocycles. The van der Waals surface area contributed by atoms with E-state index < -0.39 is 0 Å². The molecule has 2 unspecified atom stereocenters. The Balaban J connectivity index is 2.41. The molecule has 0 bridgehead atoms. The highest BCUT2D eigenvalue weighted by molar-refractivity contribution is 4.86. The van der Waals surface area contributed by atoms with Gasteiger partial charge in [-0.1, -0.05) is 6.08 Å². The second-order valence-electron chi connectivity index (χ2n) is 2.58. The molecule has 0 spiro atoms. The van der Waals surface area contributed by atoms with Gasteiger partial charge in [0.1, 0.15) is 0 Å². The lowest BCUT2D eigenvalue weighted by Gasteiger charge is -2.02. The van der Waals surface area contributed by atoms with E-state index in [9.17, 15) is 0 Å². The molecule has 0 saturated carbocycles. The Hall–Kier alpha value is -0.340. The Bertz CT molecular complexity index is 121. The fraction of sp³-hybridized carbons (Fsp3) is 0.750. The van der Waals surface area contributed by atoms with Crippen molar-refractivity contribution in [2.75, 3.05) is 0 Å². The van der Waals surface area contributed by atoms with Gasteiger partial charge in [-0.3, -0.25) is 0 Å². The van der Waals surface area contributed by atoms with Crippen molar-refractivity contribution in [3.05, 3.63) is 12.2 Å². The van der Waals surface area contributed by atoms with Crippen LogP contribution in [-0.2, 0) is 9.47 Å². The third kappa shape index (κ3) is 1.58. The molecule has 2 nitrogen and oxygen atoms in total. The van der Waals surface area contributed by atoms with Crippen molar-refractivity contribution in [3.63, 3.8) is 0 Å². The van der Waals surface area contributed by atoms with Crippen molar-refractivity contribution in [2.45, 2.75) is 39.3 Å². The summed E-state index contributed by atoms with van der Waals surface area (Å²) >= 11 is 0. The predicted octanol–water partition coefficient (Wildman–Crippen LogP) is 1.71. The van der Waals surface area contributed by atoms with E-state index in [-0.39, 0.29) is 18.5 Å². The second-order valence-corrected chi connectivity index (χ2v) is 2.58. The van der Waals surface area contributed by atoms with Gasteiger partial charge in [0, 0.05) is 0 Å². The van der Waals surface area contributed by atoms with Crippen LogP contribution in [0.1, 0.15) is 20.8 Å². The Labute approximate surface area is 61.8 Å². The fourth-order valence-electron chi connectivity index (χ4n) is 0.924. The van der Waals surface area contributed by atoms with Gasteiger partial charge in [0.25, 0.3) is 0 Å². The Morgan fingerprint density at radius 3 is 2.00 bits per heavy atom. The summed E-state index contributed by atoms with van der Waals surface area (Å²) in [4.78, 5) is 0. The number of hydrogen-bond donors (Lipinski definition) is 0. The van der Waals surface area contributed by atoms with Crippen molar-refractivity contribution in [3.8, 4) is 0 Å². The van der Waals surface area contributed by atoms with Crippen molar-refractivity contribution < 1.29 is 9.47 Å². The van der Waals surface area contributed by atoms with Crippen molar-refractivity contribution in [1.29, 1.82) is 0 Å². The standard InChI is InChI=1S/C8H14O2/c1-4-5-8-9-6(2)7(3)10-8/h4-8H,1-3H3/b5-4+. The molecular weight excluding hydrogens is 128 g/mol. The zero-order valence-electron chi connectivity index (χ0n) is 6.70. The smallest absolute Gasteiger partial charge is 0.177 e. The van der Waals surface area contributed by atoms with Gasteiger partial charge >= 0.3 is 0 Å². The lowest BCUT2D eigenvalue weighted by atomic mass is 10.3. The SMILES string of the molecule is C/C=C/C1OC(C)C(C)O1. The van der Waals surface area contributed by atoms with E-state index >= 15 is 0 Å². The first-order valence-electron chi connectivity index (χ1n) is 3.67. The van der Waals surface area contributed by atoms with Gasteiger partial charge in [-0.25, -0.2) is 0 Å². The summed E-state index contributed by atoms with van der Waals surface area (Å²) in [6.45, 7) is 6.00. The molecule has 0 aromatic carbocycles. The molecular formula is C8H14O2. The summed E-state index contributed by atoms with van der Waals surface area (Å²) in [5.74, 6) is 0. The predicted molar refractivity (Wildman–Crippen MR) is 39.7 cm³/mol. The van der Waals surface area contributed by atoms with E-state index in [2.05, 4.69) is 0 Å². The van der Waals surface area contributed by atoms with Crippen LogP contribution in [0.2, 0.25) is 0 Å². The number of rotatable bonds is 1. The van der Waals surface area contributed by atoms with Gasteiger partial charge in [-0.15, -0.1) is 0 Å². The molecule has 2 atom stereocenters. The van der Waals surface area contributed by atoms with Gasteiger partial charge in [-0.2, -0.15) is 0 Å². The fourth-order valence-corrected chi connectivity index (χ4v) is 0.924. The molecule has 0 aromatic heterocycles. The first-order chi connectivity index (χ1) is 4.74. The van der Waals surface area contributed by atoms with Crippen LogP contribution < -0.4 is 0 Å². The molecule has 0 aliphatic carbocycles. The molecule has 1 rings (SSSR count). The molecule has 1 aliphatic heterocycles. The van der Waals surface area contributed by atoms with E-state index in [4.69, 9.17) is 9.47 Å². The summed E-state index contributed by atoms with van der Waals surface area (Å²) < 4.78 is 10.8. The Morgan fingerprint density at radius 2 is 1.60 bits per heavy atom. The normalized spacial score (nSPS) is 41.3. The molecule has 1 heterocycles. The minimum atomic E-state index is -0.116. The molecule has 0 radical (unpaired) electrons. The lowest BCUT2D eigenvalue weighted by Crippen LogP contribution is -2.13. The largest absolute Gasteiger partial charge is 0.343 e. The van der Waals surface area contributed by atoms with Crippen LogP contribution in [0, 0.1) is 0 Å². The first kappa shape index (κ1) is 7.76. The maximum absolute atomic E-state index is 5.40. The van der Waals surface area contributed by atoms with Crippen LogP contribution in [0.3, 0.4) is 0 Å². The second kappa shape index (κ2) is 3.17. The van der Waals surface area contributed by atoms with Gasteiger partial charge in [-0.05, 0) is 26.8 Å². The molecule has 2 heteroatoms. The van der Waals surface area contributed by atoms with E-state index in [1.54, 1.807) is 0 Å². The maximum atomic E-state index is 5.40. The summed E-state index contributed by atoms with van der Waals surface area (Å²) in [7, 11) is 0. The third-order valence-corrected chi connectivity index (χ3v) is 1.71. The Kier molecular flexibility index (Phi) is 2.46. The van der Waals surface area contributed by atoms with Crippen LogP contribution in [0.4, 0.5) is 0 Å². The van der Waals surface area contributed by atoms with Crippen molar-refractivity contribution in [1.82, 2.24) is 0 Å². The van der Waals surface area contributed by atoms with Crippen LogP contribution in [0.25, 0.3) is 0 Å². The van der Waals surface area contributed by atoms with E-state index in [1.165, 1.54) is 0 Å². The quantitative estimate of drug-likeness (QED) is 0.519. The number of hydrogen-bond acceptors (Lipinski definition) is 2. The first-order valence-corrected chi connectivity index (χ1v) is 3.67. The molecule has 0 N–H and O–H groups in total. The summed E-state index contributed by atoms with van der Waals surface area (Å²) in [5, 5.41) is 0. The molecule has 0 amide bonds. The van der Waals surface area contributed by atoms with Gasteiger partial charge < -0.3 is 9.47 Å². The highest BCUT2D eigenvalue weighted by Crippen LogP contribution is 2.18. The van der Waals surface area contributed by atoms with Crippen LogP contribution in [0.5, 0.6) is 0 Å². The van der Waals surface area contributed by atoms with Crippen molar-refractivity contribution >= 4 is 0 Å². The summed E-state index contributed by atoms with van der Waals surface area (Å²) in [6.07, 6.45) is 4.19. The van der Waals surface area contributed by atoms with Gasteiger partial charge in [0.05, 0.1) is 12.2 Å². The molecule has 10 heavy (non-hydrogen) atoms. The summed E-state index contributed by atoms with van der Waals surface area (Å²) in [6, 6.07) is 0. The lowest BCUT2D eigenvalue weighted by molar-refractivity contribution is -0.0244.